The number of H-pyrrole nitrogens is 1. The lowest BCUT2D eigenvalue weighted by atomic mass is 10.0. The summed E-state index contributed by atoms with van der Waals surface area (Å²) in [5.41, 5.74) is 4.52. The Balaban J connectivity index is 1.97. The number of nitrogens with zero attached hydrogens (tertiary/aromatic N) is 1. The highest BCUT2D eigenvalue weighted by Crippen LogP contribution is 2.38. The predicted molar refractivity (Wildman–Crippen MR) is 72.5 cm³/mol. The lowest BCUT2D eigenvalue weighted by molar-refractivity contribution is -0.717. The normalized spacial score (nSPS) is 12.4. The third kappa shape index (κ3) is 1.55. The fraction of sp³-hybridized carbons (Fsp3) is 0.0625. The standard InChI is InChI=1S/C16H13N2O/c1-2-10-18-11-19-16-12(14-7-4-9-17-14)5-3-6-13(16)15(18)8-1/h1-10,17H,11H2/q+1. The summed E-state index contributed by atoms with van der Waals surface area (Å²) in [6, 6.07) is 16.5. The number of ether oxygens (including phenoxy) is 1. The maximum absolute atomic E-state index is 5.95. The van der Waals surface area contributed by atoms with Gasteiger partial charge in [-0.25, -0.2) is 0 Å². The molecular weight excluding hydrogens is 236 g/mol. The first-order valence-corrected chi connectivity index (χ1v) is 6.32. The molecule has 0 unspecified atom stereocenters. The summed E-state index contributed by atoms with van der Waals surface area (Å²) >= 11 is 0. The molecule has 3 aromatic rings. The van der Waals surface area contributed by atoms with E-state index in [9.17, 15) is 0 Å². The number of benzene rings is 1. The Morgan fingerprint density at radius 2 is 1.89 bits per heavy atom. The van der Waals surface area contributed by atoms with Gasteiger partial charge in [-0.15, -0.1) is 0 Å². The molecule has 1 aromatic carbocycles. The van der Waals surface area contributed by atoms with Crippen molar-refractivity contribution >= 4 is 0 Å². The van der Waals surface area contributed by atoms with Crippen LogP contribution in [0.25, 0.3) is 22.5 Å². The summed E-state index contributed by atoms with van der Waals surface area (Å²) in [5, 5.41) is 0. The monoisotopic (exact) mass is 249 g/mol. The van der Waals surface area contributed by atoms with Crippen LogP contribution in [0.2, 0.25) is 0 Å². The Hall–Kier alpha value is -2.55. The molecule has 92 valence electrons. The molecule has 3 heterocycles. The molecule has 0 amide bonds. The van der Waals surface area contributed by atoms with Crippen molar-refractivity contribution < 1.29 is 9.30 Å². The molecule has 0 radical (unpaired) electrons. The number of para-hydroxylation sites is 1. The summed E-state index contributed by atoms with van der Waals surface area (Å²) in [4.78, 5) is 3.24. The van der Waals surface area contributed by atoms with Crippen LogP contribution in [0, 0.1) is 0 Å². The van der Waals surface area contributed by atoms with Gasteiger partial charge in [0.05, 0.1) is 5.56 Å². The minimum Gasteiger partial charge on any atom is -0.434 e. The highest BCUT2D eigenvalue weighted by molar-refractivity contribution is 5.79. The number of rotatable bonds is 1. The number of nitrogens with one attached hydrogen (secondary N) is 1. The van der Waals surface area contributed by atoms with Crippen LogP contribution in [0.5, 0.6) is 5.75 Å². The zero-order chi connectivity index (χ0) is 12.7. The Morgan fingerprint density at radius 3 is 2.79 bits per heavy atom. The van der Waals surface area contributed by atoms with E-state index < -0.39 is 0 Å². The Morgan fingerprint density at radius 1 is 0.947 bits per heavy atom. The average molecular weight is 249 g/mol. The van der Waals surface area contributed by atoms with E-state index in [0.717, 1.165) is 22.6 Å². The van der Waals surface area contributed by atoms with Gasteiger partial charge in [0.25, 0.3) is 6.73 Å². The molecule has 4 rings (SSSR count). The zero-order valence-corrected chi connectivity index (χ0v) is 10.3. The van der Waals surface area contributed by atoms with Crippen molar-refractivity contribution in [3.05, 3.63) is 60.9 Å². The van der Waals surface area contributed by atoms with E-state index in [1.165, 1.54) is 5.69 Å². The van der Waals surface area contributed by atoms with E-state index in [-0.39, 0.29) is 0 Å². The van der Waals surface area contributed by atoms with Crippen molar-refractivity contribution in [1.82, 2.24) is 4.98 Å². The number of fused-ring (bicyclic) bond motifs is 3. The fourth-order valence-corrected chi connectivity index (χ4v) is 2.57. The molecule has 0 saturated carbocycles. The van der Waals surface area contributed by atoms with Gasteiger partial charge in [-0.2, -0.15) is 4.57 Å². The van der Waals surface area contributed by atoms with Gasteiger partial charge in [-0.3, -0.25) is 0 Å². The molecule has 1 aliphatic rings. The number of hydrogen-bond donors (Lipinski definition) is 1. The van der Waals surface area contributed by atoms with Crippen molar-refractivity contribution in [3.8, 4) is 28.3 Å². The molecule has 0 spiro atoms. The van der Waals surface area contributed by atoms with Crippen molar-refractivity contribution in [2.45, 2.75) is 6.73 Å². The second kappa shape index (κ2) is 3.99. The Kier molecular flexibility index (Phi) is 2.18. The molecule has 0 fully saturated rings. The Bertz CT molecular complexity index is 732. The van der Waals surface area contributed by atoms with E-state index in [1.807, 2.05) is 24.5 Å². The smallest absolute Gasteiger partial charge is 0.292 e. The van der Waals surface area contributed by atoms with Crippen molar-refractivity contribution in [2.75, 3.05) is 0 Å². The largest absolute Gasteiger partial charge is 0.434 e. The van der Waals surface area contributed by atoms with Gasteiger partial charge in [0.2, 0.25) is 5.69 Å². The topological polar surface area (TPSA) is 28.9 Å². The molecule has 0 saturated heterocycles. The summed E-state index contributed by atoms with van der Waals surface area (Å²) in [5.74, 6) is 0.955. The maximum Gasteiger partial charge on any atom is 0.292 e. The van der Waals surface area contributed by atoms with Crippen LogP contribution in [-0.4, -0.2) is 4.98 Å². The van der Waals surface area contributed by atoms with Crippen molar-refractivity contribution in [1.29, 1.82) is 0 Å². The third-order valence-corrected chi connectivity index (χ3v) is 3.47. The molecule has 1 aliphatic heterocycles. The fourth-order valence-electron chi connectivity index (χ4n) is 2.57. The molecule has 0 aliphatic carbocycles. The number of aromatic amines is 1. The molecule has 0 bridgehead atoms. The van der Waals surface area contributed by atoms with Gasteiger partial charge in [-0.1, -0.05) is 6.07 Å². The van der Waals surface area contributed by atoms with E-state index in [1.54, 1.807) is 0 Å². The van der Waals surface area contributed by atoms with E-state index >= 15 is 0 Å². The molecule has 0 atom stereocenters. The quantitative estimate of drug-likeness (QED) is 0.660. The molecule has 2 aromatic heterocycles. The third-order valence-electron chi connectivity index (χ3n) is 3.47. The van der Waals surface area contributed by atoms with Gasteiger partial charge >= 0.3 is 0 Å². The highest BCUT2D eigenvalue weighted by atomic mass is 16.5. The minimum absolute atomic E-state index is 0.556. The number of aromatic nitrogens is 2. The van der Waals surface area contributed by atoms with Crippen LogP contribution in [0.4, 0.5) is 0 Å². The van der Waals surface area contributed by atoms with E-state index in [4.69, 9.17) is 4.74 Å². The van der Waals surface area contributed by atoms with Crippen LogP contribution in [0.1, 0.15) is 0 Å². The van der Waals surface area contributed by atoms with Crippen molar-refractivity contribution in [3.63, 3.8) is 0 Å². The minimum atomic E-state index is 0.556. The van der Waals surface area contributed by atoms with Gasteiger partial charge in [-0.05, 0) is 30.3 Å². The van der Waals surface area contributed by atoms with Crippen LogP contribution in [0.15, 0.2) is 60.9 Å². The summed E-state index contributed by atoms with van der Waals surface area (Å²) < 4.78 is 8.06. The second-order valence-electron chi connectivity index (χ2n) is 4.60. The Labute approximate surface area is 111 Å². The first-order chi connectivity index (χ1) is 9.43. The molecule has 19 heavy (non-hydrogen) atoms. The first kappa shape index (κ1) is 10.4. The van der Waals surface area contributed by atoms with Gasteiger partial charge < -0.3 is 9.72 Å². The van der Waals surface area contributed by atoms with Gasteiger partial charge in [0.1, 0.15) is 5.75 Å². The number of hydrogen-bond acceptors (Lipinski definition) is 1. The van der Waals surface area contributed by atoms with Crippen LogP contribution >= 0.6 is 0 Å². The molecule has 1 N–H and O–H groups in total. The molecule has 3 heteroatoms. The average Bonchev–Trinajstić information content (AvgIpc) is 3.00. The van der Waals surface area contributed by atoms with Crippen molar-refractivity contribution in [2.24, 2.45) is 0 Å². The maximum atomic E-state index is 5.95. The van der Waals surface area contributed by atoms with Gasteiger partial charge in [0.15, 0.2) is 6.20 Å². The first-order valence-electron chi connectivity index (χ1n) is 6.32. The zero-order valence-electron chi connectivity index (χ0n) is 10.3. The summed E-state index contributed by atoms with van der Waals surface area (Å²) in [6.45, 7) is 0.556. The molecule has 3 nitrogen and oxygen atoms in total. The summed E-state index contributed by atoms with van der Waals surface area (Å²) in [7, 11) is 0. The number of pyridine rings is 1. The molecular formula is C16H13N2O+. The van der Waals surface area contributed by atoms with Crippen LogP contribution < -0.4 is 9.30 Å². The lowest BCUT2D eigenvalue weighted by Gasteiger charge is -2.18. The summed E-state index contributed by atoms with van der Waals surface area (Å²) in [6.07, 6.45) is 3.97. The highest BCUT2D eigenvalue weighted by Gasteiger charge is 2.25. The predicted octanol–water partition coefficient (Wildman–Crippen LogP) is 2.99. The van der Waals surface area contributed by atoms with E-state index in [2.05, 4.69) is 45.9 Å². The SMILES string of the molecule is c1c[nH]c(-c2cccc3c2OC[n+]2ccccc2-3)c1. The van der Waals surface area contributed by atoms with E-state index in [0.29, 0.717) is 6.73 Å². The van der Waals surface area contributed by atoms with Gasteiger partial charge in [0, 0.05) is 29.6 Å². The van der Waals surface area contributed by atoms with Crippen LogP contribution in [0.3, 0.4) is 0 Å². The lowest BCUT2D eigenvalue weighted by Crippen LogP contribution is -2.41. The second-order valence-corrected chi connectivity index (χ2v) is 4.60. The van der Waals surface area contributed by atoms with Crippen LogP contribution in [-0.2, 0) is 6.73 Å².